The third-order valence-electron chi connectivity index (χ3n) is 4.10. The van der Waals surface area contributed by atoms with E-state index in [4.69, 9.17) is 20.3 Å². The number of nitrogens with zero attached hydrogens (tertiary/aromatic N) is 3. The van der Waals surface area contributed by atoms with Gasteiger partial charge in [-0.15, -0.1) is 0 Å². The lowest BCUT2D eigenvalue weighted by Crippen LogP contribution is -2.33. The van der Waals surface area contributed by atoms with Gasteiger partial charge in [-0.25, -0.2) is 14.2 Å². The van der Waals surface area contributed by atoms with Gasteiger partial charge in [0.15, 0.2) is 5.65 Å². The van der Waals surface area contributed by atoms with Gasteiger partial charge in [-0.2, -0.15) is 5.10 Å². The van der Waals surface area contributed by atoms with Crippen LogP contribution in [-0.2, 0) is 9.47 Å². The van der Waals surface area contributed by atoms with Gasteiger partial charge in [0.05, 0.1) is 35.2 Å². The SMILES string of the molecule is CC(C)(C)OC(=O)NCCCCOCCNc1cc(/C(=C/N)SN)nc2c1cnn2PI. The zero-order chi connectivity index (χ0) is 23.6. The predicted octanol–water partition coefficient (Wildman–Crippen LogP) is 3.82. The monoisotopic (exact) mass is 595 g/mol. The van der Waals surface area contributed by atoms with E-state index < -0.39 is 11.7 Å². The molecular weight excluding hydrogens is 564 g/mol. The molecule has 1 amide bonds. The van der Waals surface area contributed by atoms with Crippen molar-refractivity contribution in [2.45, 2.75) is 39.2 Å². The molecule has 2 aromatic heterocycles. The van der Waals surface area contributed by atoms with Gasteiger partial charge in [-0.1, -0.05) is 0 Å². The number of alkyl carbamates (subject to hydrolysis) is 1. The molecule has 6 N–H and O–H groups in total. The maximum Gasteiger partial charge on any atom is 0.407 e. The Morgan fingerprint density at radius 2 is 2.12 bits per heavy atom. The molecule has 32 heavy (non-hydrogen) atoms. The molecule has 0 radical (unpaired) electrons. The highest BCUT2D eigenvalue weighted by Gasteiger charge is 2.15. The van der Waals surface area contributed by atoms with Crippen LogP contribution in [0.1, 0.15) is 39.3 Å². The smallest absolute Gasteiger partial charge is 0.407 e. The van der Waals surface area contributed by atoms with Crippen molar-refractivity contribution in [2.75, 3.05) is 31.6 Å². The summed E-state index contributed by atoms with van der Waals surface area (Å²) in [5.41, 5.74) is 7.60. The number of fused-ring (bicyclic) bond motifs is 1. The third kappa shape index (κ3) is 8.54. The van der Waals surface area contributed by atoms with E-state index in [9.17, 15) is 4.79 Å². The fourth-order valence-corrected chi connectivity index (χ4v) is 4.43. The first-order valence-electron chi connectivity index (χ1n) is 10.1. The fraction of sp³-hybridized carbons (Fsp3) is 0.526. The van der Waals surface area contributed by atoms with Gasteiger partial charge in [-0.05, 0) is 73.7 Å². The summed E-state index contributed by atoms with van der Waals surface area (Å²) in [6.07, 6.45) is 4.97. The number of hydrogen-bond donors (Lipinski definition) is 4. The minimum atomic E-state index is -0.484. The number of nitrogens with two attached hydrogens (primary N) is 2. The highest BCUT2D eigenvalue weighted by Crippen LogP contribution is 2.33. The second-order valence-corrected chi connectivity index (χ2v) is 10.5. The van der Waals surface area contributed by atoms with Crippen LogP contribution in [0.15, 0.2) is 18.5 Å². The average molecular weight is 595 g/mol. The lowest BCUT2D eigenvalue weighted by Gasteiger charge is -2.19. The Kier molecular flexibility index (Phi) is 11.3. The lowest BCUT2D eigenvalue weighted by atomic mass is 10.2. The Bertz CT molecular complexity index is 920. The Hall–Kier alpha value is -1.34. The second-order valence-electron chi connectivity index (χ2n) is 7.76. The predicted molar refractivity (Wildman–Crippen MR) is 142 cm³/mol. The molecule has 2 heterocycles. The summed E-state index contributed by atoms with van der Waals surface area (Å²) >= 11 is 3.33. The Labute approximate surface area is 207 Å². The molecule has 1 unspecified atom stereocenters. The standard InChI is InChI=1S/C19H31IN7O3PS/c1-19(2,3)30-18(28)24-6-4-5-8-29-9-7-23-14-10-15(16(11-21)32-22)26-17-13(14)12-25-27(17)31-20/h10-12,31H,4-9,21-22H2,1-3H3,(H,23,26)(H,24,28)/b16-11-. The summed E-state index contributed by atoms with van der Waals surface area (Å²) in [7, 11) is 0. The number of carbonyl (C=O) groups excluding carboxylic acids is 1. The van der Waals surface area contributed by atoms with Crippen LogP contribution >= 0.6 is 40.4 Å². The fourth-order valence-electron chi connectivity index (χ4n) is 2.71. The van der Waals surface area contributed by atoms with E-state index in [0.717, 1.165) is 41.5 Å². The van der Waals surface area contributed by atoms with Crippen LogP contribution in [0.3, 0.4) is 0 Å². The number of aromatic nitrogens is 3. The van der Waals surface area contributed by atoms with Crippen LogP contribution in [0.4, 0.5) is 10.5 Å². The van der Waals surface area contributed by atoms with Crippen molar-refractivity contribution < 1.29 is 14.3 Å². The minimum Gasteiger partial charge on any atom is -0.444 e. The molecule has 0 aliphatic carbocycles. The van der Waals surface area contributed by atoms with E-state index in [1.807, 2.05) is 31.3 Å². The summed E-state index contributed by atoms with van der Waals surface area (Å²) in [5.74, 6) is 0. The van der Waals surface area contributed by atoms with Crippen molar-refractivity contribution >= 4 is 68.1 Å². The molecule has 0 saturated carbocycles. The second kappa shape index (κ2) is 13.4. The van der Waals surface area contributed by atoms with Gasteiger partial charge < -0.3 is 25.8 Å². The molecule has 178 valence electrons. The van der Waals surface area contributed by atoms with Crippen LogP contribution in [0.5, 0.6) is 0 Å². The first-order chi connectivity index (χ1) is 15.3. The normalized spacial score (nSPS) is 12.6. The molecule has 1 atom stereocenters. The number of unbranched alkanes of at least 4 members (excludes halogenated alkanes) is 1. The van der Waals surface area contributed by atoms with E-state index in [1.165, 1.54) is 6.20 Å². The number of ether oxygens (including phenoxy) is 2. The van der Waals surface area contributed by atoms with Gasteiger partial charge >= 0.3 is 6.09 Å². The number of carbonyl (C=O) groups is 1. The van der Waals surface area contributed by atoms with Crippen molar-refractivity contribution in [1.29, 1.82) is 0 Å². The molecule has 2 aromatic rings. The van der Waals surface area contributed by atoms with Crippen LogP contribution in [0, 0.1) is 0 Å². The third-order valence-corrected chi connectivity index (χ3v) is 6.56. The number of amides is 1. The number of halogens is 1. The molecular formula is C19H31IN7O3PS. The lowest BCUT2D eigenvalue weighted by molar-refractivity contribution is 0.0524. The van der Waals surface area contributed by atoms with Crippen LogP contribution in [0.25, 0.3) is 15.9 Å². The van der Waals surface area contributed by atoms with E-state index in [-0.39, 0.29) is 0 Å². The largest absolute Gasteiger partial charge is 0.444 e. The zero-order valence-electron chi connectivity index (χ0n) is 18.5. The molecule has 10 nitrogen and oxygen atoms in total. The minimum absolute atomic E-state index is 0.391. The van der Waals surface area contributed by atoms with Gasteiger partial charge in [0, 0.05) is 31.6 Å². The number of hydrogen-bond acceptors (Lipinski definition) is 9. The van der Waals surface area contributed by atoms with E-state index >= 15 is 0 Å². The number of anilines is 1. The Morgan fingerprint density at radius 3 is 2.78 bits per heavy atom. The highest BCUT2D eigenvalue weighted by atomic mass is 127. The zero-order valence-corrected chi connectivity index (χ0v) is 22.5. The molecule has 0 saturated heterocycles. The van der Waals surface area contributed by atoms with Gasteiger partial charge in [0.2, 0.25) is 0 Å². The molecule has 0 aliphatic heterocycles. The van der Waals surface area contributed by atoms with Crippen LogP contribution in [0.2, 0.25) is 0 Å². The maximum atomic E-state index is 11.6. The molecule has 0 spiro atoms. The first-order valence-corrected chi connectivity index (χ1v) is 15.1. The van der Waals surface area contributed by atoms with E-state index in [1.54, 1.807) is 6.20 Å². The molecule has 13 heteroatoms. The quantitative estimate of drug-likeness (QED) is 0.125. The summed E-state index contributed by atoms with van der Waals surface area (Å²) in [4.78, 5) is 16.9. The Morgan fingerprint density at radius 1 is 1.34 bits per heavy atom. The summed E-state index contributed by atoms with van der Waals surface area (Å²) in [6, 6.07) is 1.92. The van der Waals surface area contributed by atoms with Crippen molar-refractivity contribution in [3.8, 4) is 0 Å². The summed E-state index contributed by atoms with van der Waals surface area (Å²) in [6.45, 7) is 7.88. The molecule has 2 rings (SSSR count). The maximum absolute atomic E-state index is 11.6. The van der Waals surface area contributed by atoms with E-state index in [0.29, 0.717) is 43.3 Å². The summed E-state index contributed by atoms with van der Waals surface area (Å²) < 4.78 is 12.7. The summed E-state index contributed by atoms with van der Waals surface area (Å²) in [5, 5.41) is 17.2. The Balaban J connectivity index is 1.78. The first kappa shape index (κ1) is 26.9. The van der Waals surface area contributed by atoms with E-state index in [2.05, 4.69) is 42.8 Å². The van der Waals surface area contributed by atoms with Crippen molar-refractivity contribution in [3.63, 3.8) is 0 Å². The number of pyridine rings is 1. The average Bonchev–Trinajstić information content (AvgIpc) is 3.15. The van der Waals surface area contributed by atoms with Crippen molar-refractivity contribution in [2.24, 2.45) is 10.9 Å². The molecule has 0 aromatic carbocycles. The molecule has 0 bridgehead atoms. The van der Waals surface area contributed by atoms with Crippen molar-refractivity contribution in [3.05, 3.63) is 24.2 Å². The number of nitrogens with one attached hydrogen (secondary N) is 2. The van der Waals surface area contributed by atoms with Crippen LogP contribution in [-0.4, -0.2) is 52.5 Å². The topological polar surface area (TPSA) is 142 Å². The van der Waals surface area contributed by atoms with Gasteiger partial charge in [0.1, 0.15) is 5.60 Å². The van der Waals surface area contributed by atoms with Gasteiger partial charge in [-0.3, -0.25) is 5.14 Å². The van der Waals surface area contributed by atoms with Crippen molar-refractivity contribution in [1.82, 2.24) is 19.9 Å². The highest BCUT2D eigenvalue weighted by molar-refractivity contribution is 14.2. The molecule has 0 aliphatic rings. The van der Waals surface area contributed by atoms with Gasteiger partial charge in [0.25, 0.3) is 0 Å². The molecule has 0 fully saturated rings. The number of rotatable bonds is 12. The van der Waals surface area contributed by atoms with Crippen LogP contribution < -0.4 is 21.5 Å².